The highest BCUT2D eigenvalue weighted by Gasteiger charge is 2.11. The first-order chi connectivity index (χ1) is 8.04. The molecule has 3 heteroatoms. The Kier molecular flexibility index (Phi) is 5.45. The summed E-state index contributed by atoms with van der Waals surface area (Å²) in [5, 5.41) is 9.71. The molecule has 0 aliphatic rings. The number of ether oxygens (including phenoxy) is 1. The molecule has 0 saturated heterocycles. The zero-order chi connectivity index (χ0) is 12.8. The van der Waals surface area contributed by atoms with E-state index in [1.165, 1.54) is 5.56 Å². The van der Waals surface area contributed by atoms with E-state index in [-0.39, 0.29) is 6.04 Å². The van der Waals surface area contributed by atoms with Crippen LogP contribution in [0.4, 0.5) is 0 Å². The van der Waals surface area contributed by atoms with Crippen molar-refractivity contribution in [3.8, 4) is 5.75 Å². The summed E-state index contributed by atoms with van der Waals surface area (Å²) in [4.78, 5) is 0. The van der Waals surface area contributed by atoms with Gasteiger partial charge in [-0.25, -0.2) is 0 Å². The van der Waals surface area contributed by atoms with Crippen molar-refractivity contribution in [2.24, 2.45) is 5.73 Å². The van der Waals surface area contributed by atoms with Gasteiger partial charge >= 0.3 is 0 Å². The van der Waals surface area contributed by atoms with Crippen molar-refractivity contribution in [2.75, 3.05) is 6.61 Å². The second kappa shape index (κ2) is 6.62. The monoisotopic (exact) mass is 237 g/mol. The lowest BCUT2D eigenvalue weighted by molar-refractivity contribution is 0.141. The SMILES string of the molecule is CCOc1ccc(C)cc1CCC(O)C(C)N. The third-order valence-electron chi connectivity index (χ3n) is 2.83. The molecule has 17 heavy (non-hydrogen) atoms. The number of nitrogens with two attached hydrogens (primary N) is 1. The Bertz CT molecular complexity index is 350. The van der Waals surface area contributed by atoms with Gasteiger partial charge in [0.15, 0.2) is 0 Å². The minimum absolute atomic E-state index is 0.185. The Hall–Kier alpha value is -1.06. The molecular weight excluding hydrogens is 214 g/mol. The summed E-state index contributed by atoms with van der Waals surface area (Å²) < 4.78 is 5.57. The Morgan fingerprint density at radius 1 is 1.41 bits per heavy atom. The molecule has 0 aromatic heterocycles. The maximum atomic E-state index is 9.71. The molecule has 0 saturated carbocycles. The van der Waals surface area contributed by atoms with Crippen LogP contribution in [-0.2, 0) is 6.42 Å². The van der Waals surface area contributed by atoms with Crippen molar-refractivity contribution < 1.29 is 9.84 Å². The van der Waals surface area contributed by atoms with Crippen LogP contribution in [0.2, 0.25) is 0 Å². The fourth-order valence-corrected chi connectivity index (χ4v) is 1.77. The van der Waals surface area contributed by atoms with Gasteiger partial charge in [-0.3, -0.25) is 0 Å². The lowest BCUT2D eigenvalue weighted by atomic mass is 10.0. The summed E-state index contributed by atoms with van der Waals surface area (Å²) >= 11 is 0. The van der Waals surface area contributed by atoms with E-state index in [9.17, 15) is 5.11 Å². The summed E-state index contributed by atoms with van der Waals surface area (Å²) in [6.07, 6.45) is 1.01. The minimum atomic E-state index is -0.454. The zero-order valence-electron chi connectivity index (χ0n) is 10.9. The van der Waals surface area contributed by atoms with E-state index in [0.29, 0.717) is 13.0 Å². The first-order valence-electron chi connectivity index (χ1n) is 6.20. The largest absolute Gasteiger partial charge is 0.494 e. The van der Waals surface area contributed by atoms with Crippen molar-refractivity contribution in [3.05, 3.63) is 29.3 Å². The molecule has 0 fully saturated rings. The number of aliphatic hydroxyl groups is 1. The smallest absolute Gasteiger partial charge is 0.122 e. The Balaban J connectivity index is 2.71. The van der Waals surface area contributed by atoms with E-state index < -0.39 is 6.10 Å². The number of benzene rings is 1. The summed E-state index contributed by atoms with van der Waals surface area (Å²) in [6.45, 7) is 6.51. The lowest BCUT2D eigenvalue weighted by Gasteiger charge is -2.16. The number of hydrogen-bond acceptors (Lipinski definition) is 3. The molecule has 3 N–H and O–H groups in total. The Morgan fingerprint density at radius 3 is 2.71 bits per heavy atom. The number of rotatable bonds is 6. The average Bonchev–Trinajstić information content (AvgIpc) is 2.29. The van der Waals surface area contributed by atoms with E-state index in [4.69, 9.17) is 10.5 Å². The summed E-state index contributed by atoms with van der Waals surface area (Å²) in [7, 11) is 0. The maximum Gasteiger partial charge on any atom is 0.122 e. The minimum Gasteiger partial charge on any atom is -0.494 e. The van der Waals surface area contributed by atoms with E-state index in [1.54, 1.807) is 0 Å². The summed E-state index contributed by atoms with van der Waals surface area (Å²) in [5.41, 5.74) is 8.00. The molecule has 0 amide bonds. The fraction of sp³-hybridized carbons (Fsp3) is 0.571. The molecule has 0 heterocycles. The second-order valence-corrected chi connectivity index (χ2v) is 4.51. The van der Waals surface area contributed by atoms with Gasteiger partial charge in [0.1, 0.15) is 5.75 Å². The third-order valence-corrected chi connectivity index (χ3v) is 2.83. The molecule has 96 valence electrons. The Labute approximate surface area is 104 Å². The second-order valence-electron chi connectivity index (χ2n) is 4.51. The van der Waals surface area contributed by atoms with Crippen molar-refractivity contribution in [2.45, 2.75) is 45.8 Å². The molecule has 3 nitrogen and oxygen atoms in total. The van der Waals surface area contributed by atoms with Crippen molar-refractivity contribution in [3.63, 3.8) is 0 Å². The van der Waals surface area contributed by atoms with Gasteiger partial charge in [-0.2, -0.15) is 0 Å². The van der Waals surface area contributed by atoms with E-state index in [1.807, 2.05) is 26.0 Å². The summed E-state index contributed by atoms with van der Waals surface area (Å²) in [6, 6.07) is 5.96. The molecule has 0 aliphatic heterocycles. The number of hydrogen-bond donors (Lipinski definition) is 2. The van der Waals surface area contributed by atoms with Crippen LogP contribution in [0.15, 0.2) is 18.2 Å². The molecule has 1 aromatic rings. The first-order valence-corrected chi connectivity index (χ1v) is 6.20. The van der Waals surface area contributed by atoms with Crippen LogP contribution in [0.1, 0.15) is 31.4 Å². The third kappa shape index (κ3) is 4.36. The van der Waals surface area contributed by atoms with Gasteiger partial charge in [0.25, 0.3) is 0 Å². The van der Waals surface area contributed by atoms with Crippen LogP contribution in [-0.4, -0.2) is 23.9 Å². The molecule has 0 radical (unpaired) electrons. The van der Waals surface area contributed by atoms with E-state index in [2.05, 4.69) is 13.0 Å². The normalized spacial score (nSPS) is 14.4. The van der Waals surface area contributed by atoms with Gasteiger partial charge < -0.3 is 15.6 Å². The van der Waals surface area contributed by atoms with Crippen molar-refractivity contribution in [1.29, 1.82) is 0 Å². The molecular formula is C14H23NO2. The van der Waals surface area contributed by atoms with Gasteiger partial charge in [0.05, 0.1) is 12.7 Å². The quantitative estimate of drug-likeness (QED) is 0.796. The van der Waals surface area contributed by atoms with E-state index >= 15 is 0 Å². The van der Waals surface area contributed by atoms with Gasteiger partial charge in [0.2, 0.25) is 0 Å². The van der Waals surface area contributed by atoms with Crippen LogP contribution < -0.4 is 10.5 Å². The first kappa shape index (κ1) is 14.0. The molecule has 1 rings (SSSR count). The lowest BCUT2D eigenvalue weighted by Crippen LogP contribution is -2.31. The number of aliphatic hydroxyl groups excluding tert-OH is 1. The molecule has 0 aliphatic carbocycles. The summed E-state index contributed by atoms with van der Waals surface area (Å²) in [5.74, 6) is 0.912. The van der Waals surface area contributed by atoms with Crippen LogP contribution in [0, 0.1) is 6.92 Å². The highest BCUT2D eigenvalue weighted by Crippen LogP contribution is 2.22. The highest BCUT2D eigenvalue weighted by atomic mass is 16.5. The van der Waals surface area contributed by atoms with Crippen LogP contribution in [0.5, 0.6) is 5.75 Å². The van der Waals surface area contributed by atoms with Crippen molar-refractivity contribution in [1.82, 2.24) is 0 Å². The molecule has 0 bridgehead atoms. The van der Waals surface area contributed by atoms with Crippen LogP contribution in [0.25, 0.3) is 0 Å². The maximum absolute atomic E-state index is 9.71. The molecule has 2 atom stereocenters. The Morgan fingerprint density at radius 2 is 2.12 bits per heavy atom. The van der Waals surface area contributed by atoms with Gasteiger partial charge in [-0.05, 0) is 45.2 Å². The standard InChI is InChI=1S/C14H23NO2/c1-4-17-14-8-5-10(2)9-12(14)6-7-13(16)11(3)15/h5,8-9,11,13,16H,4,6-7,15H2,1-3H3. The number of aryl methyl sites for hydroxylation is 2. The van der Waals surface area contributed by atoms with Crippen molar-refractivity contribution >= 4 is 0 Å². The fourth-order valence-electron chi connectivity index (χ4n) is 1.77. The molecule has 1 aromatic carbocycles. The zero-order valence-corrected chi connectivity index (χ0v) is 10.9. The highest BCUT2D eigenvalue weighted by molar-refractivity contribution is 5.37. The molecule has 0 spiro atoms. The van der Waals surface area contributed by atoms with Gasteiger partial charge in [-0.1, -0.05) is 17.7 Å². The van der Waals surface area contributed by atoms with E-state index in [0.717, 1.165) is 17.7 Å². The van der Waals surface area contributed by atoms with Crippen LogP contribution >= 0.6 is 0 Å². The van der Waals surface area contributed by atoms with Gasteiger partial charge in [0, 0.05) is 6.04 Å². The van der Waals surface area contributed by atoms with Gasteiger partial charge in [-0.15, -0.1) is 0 Å². The predicted octanol–water partition coefficient (Wildman–Crippen LogP) is 2.03. The predicted molar refractivity (Wildman–Crippen MR) is 70.3 cm³/mol. The topological polar surface area (TPSA) is 55.5 Å². The average molecular weight is 237 g/mol. The molecule has 2 unspecified atom stereocenters. The van der Waals surface area contributed by atoms with Crippen LogP contribution in [0.3, 0.4) is 0 Å².